The molecule has 4 nitrogen and oxygen atoms in total. The van der Waals surface area contributed by atoms with Gasteiger partial charge >= 0.3 is 0 Å². The van der Waals surface area contributed by atoms with Crippen LogP contribution >= 0.6 is 11.3 Å². The minimum atomic E-state index is 0.181. The van der Waals surface area contributed by atoms with Gasteiger partial charge in [-0.1, -0.05) is 12.1 Å². The first kappa shape index (κ1) is 14.8. The standard InChI is InChI=1S/C18H21N3OS/c22-18-17-13-20(12-16-4-2-8-23-16)11-15(17)5-7-21(18)10-14-3-1-6-19-9-14/h1-4,6,8-9,15,17H,5,7,10-13H2. The zero-order valence-electron chi connectivity index (χ0n) is 13.1. The van der Waals surface area contributed by atoms with Crippen molar-refractivity contribution in [3.63, 3.8) is 0 Å². The van der Waals surface area contributed by atoms with Crippen LogP contribution in [-0.2, 0) is 17.9 Å². The third-order valence-corrected chi connectivity index (χ3v) is 5.83. The molecule has 23 heavy (non-hydrogen) atoms. The number of hydrogen-bond donors (Lipinski definition) is 0. The molecule has 1 amide bonds. The summed E-state index contributed by atoms with van der Waals surface area (Å²) >= 11 is 1.80. The lowest BCUT2D eigenvalue weighted by atomic mass is 9.88. The van der Waals surface area contributed by atoms with Gasteiger partial charge in [0.2, 0.25) is 5.91 Å². The third-order valence-electron chi connectivity index (χ3n) is 4.97. The van der Waals surface area contributed by atoms with Crippen LogP contribution in [0.3, 0.4) is 0 Å². The van der Waals surface area contributed by atoms with Crippen LogP contribution in [0.25, 0.3) is 0 Å². The van der Waals surface area contributed by atoms with Gasteiger partial charge in [-0.2, -0.15) is 0 Å². The van der Waals surface area contributed by atoms with E-state index in [-0.39, 0.29) is 5.92 Å². The number of likely N-dealkylation sites (tertiary alicyclic amines) is 2. The molecule has 2 aromatic heterocycles. The second kappa shape index (κ2) is 6.42. The average Bonchev–Trinajstić information content (AvgIpc) is 3.21. The first-order chi connectivity index (χ1) is 11.3. The number of hydrogen-bond acceptors (Lipinski definition) is 4. The predicted molar refractivity (Wildman–Crippen MR) is 90.8 cm³/mol. The van der Waals surface area contributed by atoms with Crippen molar-refractivity contribution in [2.75, 3.05) is 19.6 Å². The van der Waals surface area contributed by atoms with E-state index in [2.05, 4.69) is 27.4 Å². The van der Waals surface area contributed by atoms with Gasteiger partial charge in [0.25, 0.3) is 0 Å². The van der Waals surface area contributed by atoms with Crippen molar-refractivity contribution in [1.82, 2.24) is 14.8 Å². The highest BCUT2D eigenvalue weighted by atomic mass is 32.1. The van der Waals surface area contributed by atoms with E-state index in [9.17, 15) is 4.79 Å². The Morgan fingerprint density at radius 3 is 2.96 bits per heavy atom. The lowest BCUT2D eigenvalue weighted by Gasteiger charge is -2.33. The van der Waals surface area contributed by atoms with Crippen molar-refractivity contribution >= 4 is 17.2 Å². The lowest BCUT2D eigenvalue weighted by molar-refractivity contribution is -0.140. The number of nitrogens with zero attached hydrogens (tertiary/aromatic N) is 3. The summed E-state index contributed by atoms with van der Waals surface area (Å²) in [5.74, 6) is 1.05. The molecule has 2 aliphatic rings. The maximum Gasteiger partial charge on any atom is 0.227 e. The van der Waals surface area contributed by atoms with Crippen LogP contribution in [0.15, 0.2) is 42.0 Å². The van der Waals surface area contributed by atoms with Crippen LogP contribution in [0, 0.1) is 11.8 Å². The Kier molecular flexibility index (Phi) is 4.14. The summed E-state index contributed by atoms with van der Waals surface area (Å²) in [7, 11) is 0. The number of fused-ring (bicyclic) bond motifs is 1. The zero-order chi connectivity index (χ0) is 15.6. The monoisotopic (exact) mass is 327 g/mol. The van der Waals surface area contributed by atoms with Crippen LogP contribution in [-0.4, -0.2) is 40.3 Å². The molecule has 2 saturated heterocycles. The molecule has 120 valence electrons. The molecule has 0 aliphatic carbocycles. The Morgan fingerprint density at radius 1 is 1.22 bits per heavy atom. The number of amides is 1. The number of rotatable bonds is 4. The molecule has 2 aliphatic heterocycles. The number of carbonyl (C=O) groups is 1. The largest absolute Gasteiger partial charge is 0.338 e. The van der Waals surface area contributed by atoms with Crippen LogP contribution in [0.2, 0.25) is 0 Å². The third kappa shape index (κ3) is 3.16. The summed E-state index contributed by atoms with van der Waals surface area (Å²) in [5, 5.41) is 2.12. The van der Waals surface area contributed by atoms with Crippen LogP contribution < -0.4 is 0 Å². The molecule has 0 saturated carbocycles. The van der Waals surface area contributed by atoms with Crippen LogP contribution in [0.4, 0.5) is 0 Å². The number of aromatic nitrogens is 1. The van der Waals surface area contributed by atoms with E-state index in [1.807, 2.05) is 23.2 Å². The normalized spacial score (nSPS) is 24.9. The second-order valence-electron chi connectivity index (χ2n) is 6.55. The molecule has 2 atom stereocenters. The van der Waals surface area contributed by atoms with E-state index in [1.54, 1.807) is 17.5 Å². The Hall–Kier alpha value is -1.72. The number of thiophene rings is 1. The molecule has 2 unspecified atom stereocenters. The number of piperidine rings is 1. The molecule has 0 spiro atoms. The average molecular weight is 327 g/mol. The smallest absolute Gasteiger partial charge is 0.227 e. The summed E-state index contributed by atoms with van der Waals surface area (Å²) in [6.45, 7) is 4.53. The van der Waals surface area contributed by atoms with Crippen molar-refractivity contribution < 1.29 is 4.79 Å². The van der Waals surface area contributed by atoms with Crippen LogP contribution in [0.1, 0.15) is 16.9 Å². The van der Waals surface area contributed by atoms with E-state index in [0.29, 0.717) is 18.4 Å². The summed E-state index contributed by atoms with van der Waals surface area (Å²) < 4.78 is 0. The van der Waals surface area contributed by atoms with Gasteiger partial charge in [0.05, 0.1) is 5.92 Å². The molecule has 0 aromatic carbocycles. The van der Waals surface area contributed by atoms with Crippen molar-refractivity contribution in [2.45, 2.75) is 19.5 Å². The molecular weight excluding hydrogens is 306 g/mol. The summed E-state index contributed by atoms with van der Waals surface area (Å²) in [6, 6.07) is 8.27. The second-order valence-corrected chi connectivity index (χ2v) is 7.58. The topological polar surface area (TPSA) is 36.4 Å². The van der Waals surface area contributed by atoms with Crippen molar-refractivity contribution in [2.24, 2.45) is 11.8 Å². The number of carbonyl (C=O) groups excluding carboxylic acids is 1. The van der Waals surface area contributed by atoms with E-state index in [4.69, 9.17) is 0 Å². The Labute approximate surface area is 140 Å². The molecule has 2 aromatic rings. The molecule has 0 bridgehead atoms. The predicted octanol–water partition coefficient (Wildman–Crippen LogP) is 2.62. The Bertz CT molecular complexity index is 658. The van der Waals surface area contributed by atoms with Crippen molar-refractivity contribution in [3.05, 3.63) is 52.5 Å². The molecule has 0 radical (unpaired) electrons. The highest BCUT2D eigenvalue weighted by Gasteiger charge is 2.42. The zero-order valence-corrected chi connectivity index (χ0v) is 13.9. The quantitative estimate of drug-likeness (QED) is 0.866. The highest BCUT2D eigenvalue weighted by molar-refractivity contribution is 7.09. The van der Waals surface area contributed by atoms with Gasteiger partial charge in [0, 0.05) is 50.0 Å². The fourth-order valence-electron chi connectivity index (χ4n) is 3.82. The van der Waals surface area contributed by atoms with Gasteiger partial charge in [0.15, 0.2) is 0 Å². The van der Waals surface area contributed by atoms with E-state index in [0.717, 1.165) is 38.2 Å². The minimum absolute atomic E-state index is 0.181. The molecule has 0 N–H and O–H groups in total. The van der Waals surface area contributed by atoms with Gasteiger partial charge in [0.1, 0.15) is 0 Å². The van der Waals surface area contributed by atoms with Gasteiger partial charge in [-0.15, -0.1) is 11.3 Å². The Balaban J connectivity index is 1.40. The van der Waals surface area contributed by atoms with Crippen LogP contribution in [0.5, 0.6) is 0 Å². The maximum absolute atomic E-state index is 12.8. The molecule has 4 heterocycles. The van der Waals surface area contributed by atoms with Gasteiger partial charge in [-0.05, 0) is 35.4 Å². The van der Waals surface area contributed by atoms with Gasteiger partial charge in [-0.25, -0.2) is 0 Å². The SMILES string of the molecule is O=C1C2CN(Cc3cccs3)CC2CCN1Cc1cccnc1. The van der Waals surface area contributed by atoms with E-state index < -0.39 is 0 Å². The minimum Gasteiger partial charge on any atom is -0.338 e. The van der Waals surface area contributed by atoms with E-state index >= 15 is 0 Å². The van der Waals surface area contributed by atoms with Gasteiger partial charge in [-0.3, -0.25) is 14.7 Å². The summed E-state index contributed by atoms with van der Waals surface area (Å²) in [5.41, 5.74) is 1.12. The summed E-state index contributed by atoms with van der Waals surface area (Å²) in [6.07, 6.45) is 4.76. The van der Waals surface area contributed by atoms with Crippen molar-refractivity contribution in [3.8, 4) is 0 Å². The first-order valence-electron chi connectivity index (χ1n) is 8.22. The van der Waals surface area contributed by atoms with Gasteiger partial charge < -0.3 is 4.90 Å². The van der Waals surface area contributed by atoms with E-state index in [1.165, 1.54) is 4.88 Å². The Morgan fingerprint density at radius 2 is 2.17 bits per heavy atom. The van der Waals surface area contributed by atoms with Crippen molar-refractivity contribution in [1.29, 1.82) is 0 Å². The maximum atomic E-state index is 12.8. The molecule has 2 fully saturated rings. The molecule has 5 heteroatoms. The fourth-order valence-corrected chi connectivity index (χ4v) is 4.57. The lowest BCUT2D eigenvalue weighted by Crippen LogP contribution is -2.44. The molecular formula is C18H21N3OS. The fraction of sp³-hybridized carbons (Fsp3) is 0.444. The number of pyridine rings is 1. The summed E-state index contributed by atoms with van der Waals surface area (Å²) in [4.78, 5) is 22.9. The molecule has 4 rings (SSSR count). The highest BCUT2D eigenvalue weighted by Crippen LogP contribution is 2.33. The first-order valence-corrected chi connectivity index (χ1v) is 9.10.